The molecule has 0 N–H and O–H groups in total. The molecule has 0 rings (SSSR count). The Hall–Kier alpha value is -2.18. The first-order chi connectivity index (χ1) is 44.4. The fourth-order valence-electron chi connectivity index (χ4n) is 12.7. The molecule has 0 saturated carbocycles. The molecule has 6 heteroatoms. The molecular weight excluding hydrogens is 1100 g/mol. The maximum Gasteiger partial charge on any atom is 0.307 e. The molecule has 0 aromatic carbocycles. The van der Waals surface area contributed by atoms with Crippen LogP contribution in [0.25, 0.3) is 0 Å². The van der Waals surface area contributed by atoms with Crippen molar-refractivity contribution < 1.29 is 19.1 Å². The van der Waals surface area contributed by atoms with Gasteiger partial charge in [0.25, 0.3) is 0 Å². The van der Waals surface area contributed by atoms with Gasteiger partial charge < -0.3 is 19.3 Å². The van der Waals surface area contributed by atoms with Crippen LogP contribution in [0.5, 0.6) is 0 Å². The van der Waals surface area contributed by atoms with Gasteiger partial charge in [0.05, 0.1) is 12.8 Å². The van der Waals surface area contributed by atoms with E-state index in [-0.39, 0.29) is 24.1 Å². The molecule has 0 aliphatic carbocycles. The predicted molar refractivity (Wildman–Crippen MR) is 400 cm³/mol. The third-order valence-corrected chi connectivity index (χ3v) is 18.9. The van der Waals surface area contributed by atoms with Crippen LogP contribution in [0.15, 0.2) is 48.6 Å². The summed E-state index contributed by atoms with van der Waals surface area (Å²) >= 11 is 0. The molecule has 6 nitrogen and oxygen atoms in total. The van der Waals surface area contributed by atoms with Crippen molar-refractivity contribution in [2.24, 2.45) is 0 Å². The Labute approximate surface area is 564 Å². The lowest BCUT2D eigenvalue weighted by Gasteiger charge is -2.25. The summed E-state index contributed by atoms with van der Waals surface area (Å²) in [4.78, 5) is 32.0. The first-order valence-corrected chi connectivity index (χ1v) is 40.7. The minimum Gasteiger partial charge on any atom is -0.462 e. The number of hydrogen-bond donors (Lipinski definition) is 0. The molecule has 0 atom stereocenters. The summed E-state index contributed by atoms with van der Waals surface area (Å²) in [6.07, 6.45) is 97.1. The second-order valence-electron chi connectivity index (χ2n) is 28.3. The largest absolute Gasteiger partial charge is 0.462 e. The standard InChI is InChI=1S/C84H160N2O4/c1-7-11-15-19-23-27-31-35-39-43-47-51-55-59-63-67-71-81(72-68-64-60-56-52-48-44-40-36-32-28-24-20-16-12-8-2)89-83(87)75-77-86(80-79-85(5)6)78-76-84(88)90-82(73-69-65-61-57-53-49-45-41-37-33-29-25-21-17-13-9-3)74-70-66-62-58-54-50-46-42-38-34-30-26-22-18-14-10-4/h35-42,81-82H,7-34,43-80H2,1-6H3/b39-35-,40-36-,41-37-,42-38-. The number of allylic oxidation sites excluding steroid dienone is 8. The zero-order chi connectivity index (χ0) is 65.2. The van der Waals surface area contributed by atoms with E-state index in [9.17, 15) is 9.59 Å². The fourth-order valence-corrected chi connectivity index (χ4v) is 12.7. The highest BCUT2D eigenvalue weighted by Crippen LogP contribution is 2.22. The Morgan fingerprint density at radius 1 is 0.256 bits per heavy atom. The van der Waals surface area contributed by atoms with E-state index in [0.717, 1.165) is 64.5 Å². The molecule has 0 aromatic heterocycles. The van der Waals surface area contributed by atoms with Crippen LogP contribution in [0.4, 0.5) is 0 Å². The van der Waals surface area contributed by atoms with E-state index in [0.29, 0.717) is 25.9 Å². The zero-order valence-electron chi connectivity index (χ0n) is 62.0. The summed E-state index contributed by atoms with van der Waals surface area (Å²) in [6, 6.07) is 0. The molecule has 0 aliphatic heterocycles. The zero-order valence-corrected chi connectivity index (χ0v) is 62.0. The van der Waals surface area contributed by atoms with Gasteiger partial charge in [-0.1, -0.05) is 307 Å². The molecule has 0 aromatic rings. The van der Waals surface area contributed by atoms with Crippen molar-refractivity contribution in [3.05, 3.63) is 48.6 Å². The number of carbonyl (C=O) groups excluding carboxylic acids is 2. The summed E-state index contributed by atoms with van der Waals surface area (Å²) in [5, 5.41) is 0. The van der Waals surface area contributed by atoms with Crippen LogP contribution in [0.2, 0.25) is 0 Å². The predicted octanol–water partition coefficient (Wildman–Crippen LogP) is 27.2. The number of nitrogens with zero attached hydrogens (tertiary/aromatic N) is 2. The summed E-state index contributed by atoms with van der Waals surface area (Å²) < 4.78 is 12.8. The highest BCUT2D eigenvalue weighted by atomic mass is 16.5. The van der Waals surface area contributed by atoms with Crippen molar-refractivity contribution in [1.82, 2.24) is 9.80 Å². The highest BCUT2D eigenvalue weighted by Gasteiger charge is 2.19. The van der Waals surface area contributed by atoms with E-state index >= 15 is 0 Å². The Morgan fingerprint density at radius 3 is 0.644 bits per heavy atom. The van der Waals surface area contributed by atoms with E-state index in [1.54, 1.807) is 0 Å². The third kappa shape index (κ3) is 71.7. The van der Waals surface area contributed by atoms with Crippen molar-refractivity contribution in [3.63, 3.8) is 0 Å². The number of ether oxygens (including phenoxy) is 2. The first-order valence-electron chi connectivity index (χ1n) is 40.7. The Kier molecular flexibility index (Phi) is 74.0. The topological polar surface area (TPSA) is 59.1 Å². The second-order valence-corrected chi connectivity index (χ2v) is 28.3. The Morgan fingerprint density at radius 2 is 0.444 bits per heavy atom. The summed E-state index contributed by atoms with van der Waals surface area (Å²) in [5.74, 6) is -0.143. The molecule has 0 unspecified atom stereocenters. The van der Waals surface area contributed by atoms with Gasteiger partial charge >= 0.3 is 11.9 Å². The van der Waals surface area contributed by atoms with Crippen molar-refractivity contribution >= 4 is 11.9 Å². The lowest BCUT2D eigenvalue weighted by molar-refractivity contribution is -0.150. The minimum atomic E-state index is -0.0714. The molecule has 0 spiro atoms. The number of likely N-dealkylation sites (N-methyl/N-ethyl adjacent to an activating group) is 1. The average Bonchev–Trinajstić information content (AvgIpc) is 3.67. The lowest BCUT2D eigenvalue weighted by Crippen LogP contribution is -2.36. The van der Waals surface area contributed by atoms with Crippen LogP contribution in [0, 0.1) is 0 Å². The third-order valence-electron chi connectivity index (χ3n) is 18.9. The highest BCUT2D eigenvalue weighted by molar-refractivity contribution is 5.70. The molecule has 0 heterocycles. The molecular formula is C84H160N2O4. The fraction of sp³-hybridized carbons (Fsp3) is 0.881. The number of rotatable bonds is 75. The van der Waals surface area contributed by atoms with Gasteiger partial charge in [-0.25, -0.2) is 0 Å². The van der Waals surface area contributed by atoms with Crippen molar-refractivity contribution in [1.29, 1.82) is 0 Å². The average molecular weight is 1260 g/mol. The van der Waals surface area contributed by atoms with Gasteiger partial charge in [0.1, 0.15) is 12.2 Å². The molecule has 0 fully saturated rings. The van der Waals surface area contributed by atoms with Crippen molar-refractivity contribution in [2.45, 2.75) is 438 Å². The van der Waals surface area contributed by atoms with Gasteiger partial charge in [-0.3, -0.25) is 9.59 Å². The molecule has 0 amide bonds. The molecule has 90 heavy (non-hydrogen) atoms. The van der Waals surface area contributed by atoms with Crippen LogP contribution in [-0.2, 0) is 19.1 Å². The quantitative estimate of drug-likeness (QED) is 0.0344. The Balaban J connectivity index is 5.27. The second kappa shape index (κ2) is 75.8. The summed E-state index contributed by atoms with van der Waals surface area (Å²) in [6.45, 7) is 12.1. The van der Waals surface area contributed by atoms with E-state index in [1.165, 1.54) is 334 Å². The minimum absolute atomic E-state index is 0.00629. The number of hydrogen-bond acceptors (Lipinski definition) is 6. The van der Waals surface area contributed by atoms with Crippen molar-refractivity contribution in [2.75, 3.05) is 40.3 Å². The first kappa shape index (κ1) is 87.8. The monoisotopic (exact) mass is 1260 g/mol. The molecule has 530 valence electrons. The van der Waals surface area contributed by atoms with Crippen LogP contribution in [-0.4, -0.2) is 74.2 Å². The SMILES string of the molecule is CCCCCCCC/C=C\CCCCCCCCC(CCCCCCCC/C=C\CCCCCCCC)OC(=O)CCN(CCC(=O)OC(CCCCCCCC/C=C\CCCCCCCC)CCCCCCCC/C=C\CCCCCCCC)CCN(C)C. The van der Waals surface area contributed by atoms with E-state index in [1.807, 2.05) is 0 Å². The van der Waals surface area contributed by atoms with Crippen LogP contribution in [0.3, 0.4) is 0 Å². The molecule has 0 saturated heterocycles. The van der Waals surface area contributed by atoms with E-state index < -0.39 is 0 Å². The maximum atomic E-state index is 13.7. The smallest absolute Gasteiger partial charge is 0.307 e. The van der Waals surface area contributed by atoms with E-state index in [2.05, 4.69) is 100 Å². The van der Waals surface area contributed by atoms with Crippen LogP contribution < -0.4 is 0 Å². The number of unbranched alkanes of at least 4 members (excludes halogenated alkanes) is 48. The van der Waals surface area contributed by atoms with Crippen LogP contribution in [0.1, 0.15) is 426 Å². The van der Waals surface area contributed by atoms with Gasteiger partial charge in [-0.15, -0.1) is 0 Å². The maximum absolute atomic E-state index is 13.7. The van der Waals surface area contributed by atoms with Gasteiger partial charge in [0, 0.05) is 26.2 Å². The van der Waals surface area contributed by atoms with Crippen molar-refractivity contribution in [3.8, 4) is 0 Å². The molecule has 0 aliphatic rings. The summed E-state index contributed by atoms with van der Waals surface area (Å²) in [5.41, 5.74) is 0. The number of esters is 2. The van der Waals surface area contributed by atoms with Gasteiger partial charge in [-0.2, -0.15) is 0 Å². The Bertz CT molecular complexity index is 1350. The van der Waals surface area contributed by atoms with E-state index in [4.69, 9.17) is 9.47 Å². The van der Waals surface area contributed by atoms with Gasteiger partial charge in [0.2, 0.25) is 0 Å². The number of carbonyl (C=O) groups is 2. The summed E-state index contributed by atoms with van der Waals surface area (Å²) in [7, 11) is 4.21. The normalized spacial score (nSPS) is 12.2. The van der Waals surface area contributed by atoms with Crippen LogP contribution >= 0.6 is 0 Å². The van der Waals surface area contributed by atoms with Gasteiger partial charge in [0.15, 0.2) is 0 Å². The molecule has 0 radical (unpaired) electrons. The van der Waals surface area contributed by atoms with Gasteiger partial charge in [-0.05, 0) is 168 Å². The molecule has 0 bridgehead atoms. The lowest BCUT2D eigenvalue weighted by atomic mass is 10.0.